The number of rotatable bonds is 6. The van der Waals surface area contributed by atoms with Crippen molar-refractivity contribution in [1.29, 1.82) is 0 Å². The summed E-state index contributed by atoms with van der Waals surface area (Å²) in [5.74, 6) is 0. The lowest BCUT2D eigenvalue weighted by Crippen LogP contribution is -2.25. The minimum absolute atomic E-state index is 0.515. The maximum Gasteiger partial charge on any atom is 0.0540 e. The van der Waals surface area contributed by atoms with Crippen molar-refractivity contribution in [1.82, 2.24) is 15.1 Å². The summed E-state index contributed by atoms with van der Waals surface area (Å²) in [7, 11) is 0. The summed E-state index contributed by atoms with van der Waals surface area (Å²) in [5.41, 5.74) is 4.31. The van der Waals surface area contributed by atoms with Gasteiger partial charge in [-0.1, -0.05) is 37.3 Å². The van der Waals surface area contributed by atoms with Gasteiger partial charge in [0.2, 0.25) is 0 Å². The third kappa shape index (κ3) is 3.35. The van der Waals surface area contributed by atoms with Crippen LogP contribution in [-0.4, -0.2) is 16.3 Å². The van der Waals surface area contributed by atoms with Crippen molar-refractivity contribution >= 4 is 0 Å². The molecule has 0 saturated carbocycles. The highest BCUT2D eigenvalue weighted by atomic mass is 15.3. The Kier molecular flexibility index (Phi) is 4.71. The van der Waals surface area contributed by atoms with E-state index >= 15 is 0 Å². The second-order valence-corrected chi connectivity index (χ2v) is 5.86. The summed E-state index contributed by atoms with van der Waals surface area (Å²) < 4.78 is 2.24. The van der Waals surface area contributed by atoms with Gasteiger partial charge < -0.3 is 5.32 Å². The molecule has 0 radical (unpaired) electrons. The fourth-order valence-electron chi connectivity index (χ4n) is 3.35. The Morgan fingerprint density at radius 3 is 2.95 bits per heavy atom. The highest BCUT2D eigenvalue weighted by molar-refractivity contribution is 5.25. The van der Waals surface area contributed by atoms with Crippen molar-refractivity contribution in [3.05, 3.63) is 53.3 Å². The number of hydrogen-bond donors (Lipinski definition) is 1. The molecule has 0 aliphatic heterocycles. The lowest BCUT2D eigenvalue weighted by atomic mass is 9.93. The summed E-state index contributed by atoms with van der Waals surface area (Å²) in [6, 6.07) is 11.2. The van der Waals surface area contributed by atoms with Crippen LogP contribution in [0.3, 0.4) is 0 Å². The molecule has 2 aromatic rings. The predicted octanol–water partition coefficient (Wildman–Crippen LogP) is 3.50. The topological polar surface area (TPSA) is 29.9 Å². The van der Waals surface area contributed by atoms with Gasteiger partial charge in [0, 0.05) is 23.8 Å². The highest BCUT2D eigenvalue weighted by Gasteiger charge is 2.23. The Morgan fingerprint density at radius 2 is 2.14 bits per heavy atom. The van der Waals surface area contributed by atoms with Crippen LogP contribution >= 0.6 is 0 Å². The predicted molar refractivity (Wildman–Crippen MR) is 86.3 cm³/mol. The zero-order valence-electron chi connectivity index (χ0n) is 12.9. The van der Waals surface area contributed by atoms with E-state index in [0.29, 0.717) is 6.04 Å². The number of aromatic nitrogens is 2. The monoisotopic (exact) mass is 283 g/mol. The van der Waals surface area contributed by atoms with E-state index in [4.69, 9.17) is 0 Å². The summed E-state index contributed by atoms with van der Waals surface area (Å²) >= 11 is 0. The van der Waals surface area contributed by atoms with Crippen molar-refractivity contribution in [3.8, 4) is 0 Å². The van der Waals surface area contributed by atoms with Gasteiger partial charge in [-0.3, -0.25) is 4.68 Å². The van der Waals surface area contributed by atoms with Crippen LogP contribution < -0.4 is 5.32 Å². The van der Waals surface area contributed by atoms with Crippen molar-refractivity contribution in [3.63, 3.8) is 0 Å². The second kappa shape index (κ2) is 6.90. The molecule has 3 nitrogen and oxygen atoms in total. The van der Waals surface area contributed by atoms with E-state index in [9.17, 15) is 0 Å². The van der Waals surface area contributed by atoms with Gasteiger partial charge in [-0.15, -0.1) is 0 Å². The quantitative estimate of drug-likeness (QED) is 0.879. The molecule has 21 heavy (non-hydrogen) atoms. The van der Waals surface area contributed by atoms with Gasteiger partial charge in [0.05, 0.1) is 6.20 Å². The zero-order valence-corrected chi connectivity index (χ0v) is 12.9. The van der Waals surface area contributed by atoms with E-state index in [-0.39, 0.29) is 0 Å². The molecule has 0 bridgehead atoms. The molecular weight excluding hydrogens is 258 g/mol. The molecule has 1 aliphatic carbocycles. The Labute approximate surface area is 127 Å². The largest absolute Gasteiger partial charge is 0.310 e. The van der Waals surface area contributed by atoms with E-state index in [1.54, 1.807) is 0 Å². The van der Waals surface area contributed by atoms with Crippen molar-refractivity contribution in [2.45, 2.75) is 51.6 Å². The molecule has 3 heteroatoms. The van der Waals surface area contributed by atoms with Gasteiger partial charge in [-0.2, -0.15) is 5.10 Å². The molecule has 1 aliphatic rings. The summed E-state index contributed by atoms with van der Waals surface area (Å²) in [4.78, 5) is 0. The Balaban J connectivity index is 1.62. The lowest BCUT2D eigenvalue weighted by Gasteiger charge is -2.23. The molecule has 0 spiro atoms. The second-order valence-electron chi connectivity index (χ2n) is 5.86. The van der Waals surface area contributed by atoms with Crippen molar-refractivity contribution in [2.24, 2.45) is 0 Å². The molecule has 0 amide bonds. The Hall–Kier alpha value is -1.61. The first-order chi connectivity index (χ1) is 10.4. The third-order valence-corrected chi connectivity index (χ3v) is 4.39. The average Bonchev–Trinajstić information content (AvgIpc) is 2.93. The van der Waals surface area contributed by atoms with Crippen LogP contribution in [0.4, 0.5) is 0 Å². The van der Waals surface area contributed by atoms with Gasteiger partial charge in [0.25, 0.3) is 0 Å². The molecule has 3 rings (SSSR count). The molecule has 0 fully saturated rings. The molecule has 1 heterocycles. The van der Waals surface area contributed by atoms with Crippen molar-refractivity contribution < 1.29 is 0 Å². The number of nitrogens with zero attached hydrogens (tertiary/aromatic N) is 2. The first-order valence-corrected chi connectivity index (χ1v) is 8.20. The third-order valence-electron chi connectivity index (χ3n) is 4.39. The summed E-state index contributed by atoms with van der Waals surface area (Å²) in [5, 5.41) is 8.22. The highest BCUT2D eigenvalue weighted by Crippen LogP contribution is 2.29. The number of nitrogens with one attached hydrogen (secondary N) is 1. The van der Waals surface area contributed by atoms with Gasteiger partial charge in [0.1, 0.15) is 0 Å². The molecule has 1 atom stereocenters. The molecule has 1 N–H and O–H groups in total. The minimum atomic E-state index is 0.515. The first kappa shape index (κ1) is 14.3. The standard InChI is InChI=1S/C18H25N3/c1-2-19-17-11-6-12-18-16(17)14-20-21(18)13-7-10-15-8-4-3-5-9-15/h3-5,8-9,14,17,19H,2,6-7,10-13H2,1H3. The number of hydrogen-bond acceptors (Lipinski definition) is 2. The average molecular weight is 283 g/mol. The van der Waals surface area contributed by atoms with Gasteiger partial charge in [0.15, 0.2) is 0 Å². The van der Waals surface area contributed by atoms with Crippen LogP contribution in [0.2, 0.25) is 0 Å². The van der Waals surface area contributed by atoms with Crippen LogP contribution in [0.25, 0.3) is 0 Å². The van der Waals surface area contributed by atoms with E-state index in [1.807, 2.05) is 0 Å². The number of fused-ring (bicyclic) bond motifs is 1. The van der Waals surface area contributed by atoms with Gasteiger partial charge in [-0.05, 0) is 44.2 Å². The van der Waals surface area contributed by atoms with E-state index in [2.05, 4.69) is 58.5 Å². The molecule has 0 saturated heterocycles. The van der Waals surface area contributed by atoms with Crippen LogP contribution in [0, 0.1) is 0 Å². The van der Waals surface area contributed by atoms with Crippen LogP contribution in [-0.2, 0) is 19.4 Å². The number of benzene rings is 1. The lowest BCUT2D eigenvalue weighted by molar-refractivity contribution is 0.453. The van der Waals surface area contributed by atoms with Crippen LogP contribution in [0.1, 0.15) is 49.0 Å². The maximum atomic E-state index is 4.64. The summed E-state index contributed by atoms with van der Waals surface area (Å²) in [6.07, 6.45) is 8.08. The Morgan fingerprint density at radius 1 is 1.29 bits per heavy atom. The number of aryl methyl sites for hydroxylation is 2. The van der Waals surface area contributed by atoms with Crippen molar-refractivity contribution in [2.75, 3.05) is 6.54 Å². The zero-order chi connectivity index (χ0) is 14.5. The van der Waals surface area contributed by atoms with Gasteiger partial charge >= 0.3 is 0 Å². The van der Waals surface area contributed by atoms with E-state index < -0.39 is 0 Å². The Bertz CT molecular complexity index is 559. The van der Waals surface area contributed by atoms with E-state index in [1.165, 1.54) is 36.1 Å². The smallest absolute Gasteiger partial charge is 0.0540 e. The molecular formula is C18H25N3. The molecule has 1 aromatic heterocycles. The van der Waals surface area contributed by atoms with Gasteiger partial charge in [-0.25, -0.2) is 0 Å². The molecule has 1 aromatic carbocycles. The van der Waals surface area contributed by atoms with E-state index in [0.717, 1.165) is 25.9 Å². The SMILES string of the molecule is CCNC1CCCc2c1cnn2CCCc1ccccc1. The molecule has 1 unspecified atom stereocenters. The summed E-state index contributed by atoms with van der Waals surface area (Å²) in [6.45, 7) is 4.24. The molecule has 112 valence electrons. The van der Waals surface area contributed by atoms with Crippen LogP contribution in [0.5, 0.6) is 0 Å². The first-order valence-electron chi connectivity index (χ1n) is 8.20. The normalized spacial score (nSPS) is 17.7. The maximum absolute atomic E-state index is 4.64. The fraction of sp³-hybridized carbons (Fsp3) is 0.500. The minimum Gasteiger partial charge on any atom is -0.310 e. The van der Waals surface area contributed by atoms with Crippen LogP contribution in [0.15, 0.2) is 36.5 Å². The fourth-order valence-corrected chi connectivity index (χ4v) is 3.35.